The fourth-order valence-corrected chi connectivity index (χ4v) is 2.48. The minimum absolute atomic E-state index is 0.448. The summed E-state index contributed by atoms with van der Waals surface area (Å²) in [6.07, 6.45) is 7.33. The molecular weight excluding hydrogens is 183 g/mol. The van der Waals surface area contributed by atoms with E-state index in [2.05, 4.69) is 6.92 Å². The Bertz CT molecular complexity index is 187. The van der Waals surface area contributed by atoms with Crippen LogP contribution in [0.15, 0.2) is 11.9 Å². The molecule has 1 N–H and O–H groups in total. The molecule has 0 aliphatic carbocycles. The van der Waals surface area contributed by atoms with Crippen molar-refractivity contribution in [2.75, 3.05) is 6.16 Å². The average Bonchev–Trinajstić information content (AvgIpc) is 2.09. The quantitative estimate of drug-likeness (QED) is 0.506. The summed E-state index contributed by atoms with van der Waals surface area (Å²) < 4.78 is 11.4. The Morgan fingerprint density at radius 3 is 2.46 bits per heavy atom. The SMILES string of the molecule is CCC=CP(=O)(O)CCCCCC. The first kappa shape index (κ1) is 12.9. The molecule has 0 aliphatic rings. The maximum absolute atomic E-state index is 11.4. The molecule has 78 valence electrons. The van der Waals surface area contributed by atoms with Crippen molar-refractivity contribution in [3.63, 3.8) is 0 Å². The van der Waals surface area contributed by atoms with E-state index in [0.717, 1.165) is 25.7 Å². The second kappa shape index (κ2) is 7.34. The fourth-order valence-electron chi connectivity index (χ4n) is 1.11. The maximum Gasteiger partial charge on any atom is 0.222 e. The van der Waals surface area contributed by atoms with E-state index in [-0.39, 0.29) is 0 Å². The second-order valence-corrected chi connectivity index (χ2v) is 5.59. The van der Waals surface area contributed by atoms with Gasteiger partial charge in [0.25, 0.3) is 0 Å². The van der Waals surface area contributed by atoms with Crippen molar-refractivity contribution in [2.45, 2.75) is 46.0 Å². The molecule has 0 spiro atoms. The Morgan fingerprint density at radius 1 is 1.23 bits per heavy atom. The van der Waals surface area contributed by atoms with Crippen LogP contribution in [0.1, 0.15) is 46.0 Å². The molecule has 2 nitrogen and oxygen atoms in total. The van der Waals surface area contributed by atoms with Gasteiger partial charge in [-0.2, -0.15) is 0 Å². The van der Waals surface area contributed by atoms with E-state index in [1.54, 1.807) is 6.08 Å². The van der Waals surface area contributed by atoms with Gasteiger partial charge in [-0.25, -0.2) is 0 Å². The highest BCUT2D eigenvalue weighted by Crippen LogP contribution is 2.43. The van der Waals surface area contributed by atoms with Gasteiger partial charge in [-0.1, -0.05) is 39.2 Å². The molecule has 0 saturated carbocycles. The zero-order valence-electron chi connectivity index (χ0n) is 8.70. The number of rotatable bonds is 7. The smallest absolute Gasteiger partial charge is 0.222 e. The van der Waals surface area contributed by atoms with Crippen molar-refractivity contribution in [3.8, 4) is 0 Å². The molecule has 0 aliphatic heterocycles. The Balaban J connectivity index is 3.63. The Kier molecular flexibility index (Phi) is 7.31. The van der Waals surface area contributed by atoms with Gasteiger partial charge < -0.3 is 4.89 Å². The normalized spacial score (nSPS) is 16.2. The van der Waals surface area contributed by atoms with E-state index in [1.807, 2.05) is 6.92 Å². The molecule has 0 amide bonds. The zero-order chi connectivity index (χ0) is 10.2. The van der Waals surface area contributed by atoms with Gasteiger partial charge in [0, 0.05) is 6.16 Å². The third-order valence-corrected chi connectivity index (χ3v) is 3.54. The second-order valence-electron chi connectivity index (χ2n) is 3.33. The van der Waals surface area contributed by atoms with Crippen LogP contribution in [0.5, 0.6) is 0 Å². The Morgan fingerprint density at radius 2 is 1.92 bits per heavy atom. The highest BCUT2D eigenvalue weighted by atomic mass is 31.2. The maximum atomic E-state index is 11.4. The van der Waals surface area contributed by atoms with Gasteiger partial charge in [0.05, 0.1) is 0 Å². The summed E-state index contributed by atoms with van der Waals surface area (Å²) in [5, 5.41) is 0. The van der Waals surface area contributed by atoms with Gasteiger partial charge >= 0.3 is 0 Å². The third-order valence-electron chi connectivity index (χ3n) is 1.91. The van der Waals surface area contributed by atoms with Gasteiger partial charge in [-0.15, -0.1) is 0 Å². The third kappa shape index (κ3) is 8.27. The van der Waals surface area contributed by atoms with Crippen LogP contribution in [0.4, 0.5) is 0 Å². The van der Waals surface area contributed by atoms with Crippen molar-refractivity contribution in [1.82, 2.24) is 0 Å². The van der Waals surface area contributed by atoms with E-state index in [1.165, 1.54) is 12.2 Å². The largest absolute Gasteiger partial charge is 0.341 e. The lowest BCUT2D eigenvalue weighted by molar-refractivity contribution is 0.485. The molecular formula is C10H21O2P. The van der Waals surface area contributed by atoms with Crippen LogP contribution >= 0.6 is 7.37 Å². The van der Waals surface area contributed by atoms with Crippen LogP contribution in [-0.2, 0) is 4.57 Å². The molecule has 0 aromatic rings. The highest BCUT2D eigenvalue weighted by Gasteiger charge is 2.11. The lowest BCUT2D eigenvalue weighted by atomic mass is 10.2. The minimum atomic E-state index is -2.93. The summed E-state index contributed by atoms with van der Waals surface area (Å²) in [6.45, 7) is 4.10. The van der Waals surface area contributed by atoms with Crippen LogP contribution in [0, 0.1) is 0 Å². The molecule has 13 heavy (non-hydrogen) atoms. The number of allylic oxidation sites excluding steroid dienone is 1. The van der Waals surface area contributed by atoms with E-state index < -0.39 is 7.37 Å². The van der Waals surface area contributed by atoms with Gasteiger partial charge in [0.2, 0.25) is 7.37 Å². The Labute approximate surface area is 81.5 Å². The van der Waals surface area contributed by atoms with Crippen molar-refractivity contribution >= 4 is 7.37 Å². The summed E-state index contributed by atoms with van der Waals surface area (Å²) in [7, 11) is -2.93. The van der Waals surface area contributed by atoms with Crippen molar-refractivity contribution < 1.29 is 9.46 Å². The van der Waals surface area contributed by atoms with E-state index in [9.17, 15) is 9.46 Å². The molecule has 0 aromatic heterocycles. The molecule has 1 unspecified atom stereocenters. The molecule has 1 atom stereocenters. The highest BCUT2D eigenvalue weighted by molar-refractivity contribution is 7.61. The molecule has 3 heteroatoms. The Hall–Kier alpha value is -0.0700. The summed E-state index contributed by atoms with van der Waals surface area (Å²) >= 11 is 0. The summed E-state index contributed by atoms with van der Waals surface area (Å²) in [6, 6.07) is 0. The van der Waals surface area contributed by atoms with Crippen LogP contribution in [0.25, 0.3) is 0 Å². The fraction of sp³-hybridized carbons (Fsp3) is 0.800. The van der Waals surface area contributed by atoms with E-state index >= 15 is 0 Å². The van der Waals surface area contributed by atoms with Crippen LogP contribution in [0.2, 0.25) is 0 Å². The first-order chi connectivity index (χ1) is 6.12. The summed E-state index contributed by atoms with van der Waals surface area (Å²) in [4.78, 5) is 9.41. The molecule has 0 heterocycles. The first-order valence-electron chi connectivity index (χ1n) is 5.11. The minimum Gasteiger partial charge on any atom is -0.341 e. The zero-order valence-corrected chi connectivity index (χ0v) is 9.59. The molecule has 0 bridgehead atoms. The number of unbranched alkanes of at least 4 members (excludes halogenated alkanes) is 3. The number of hydrogen-bond acceptors (Lipinski definition) is 1. The van der Waals surface area contributed by atoms with Crippen molar-refractivity contribution in [3.05, 3.63) is 11.9 Å². The monoisotopic (exact) mass is 204 g/mol. The van der Waals surface area contributed by atoms with Gasteiger partial charge in [-0.05, 0) is 18.7 Å². The predicted molar refractivity (Wildman–Crippen MR) is 58.3 cm³/mol. The van der Waals surface area contributed by atoms with Gasteiger partial charge in [-0.3, -0.25) is 4.57 Å². The molecule has 0 fully saturated rings. The average molecular weight is 204 g/mol. The van der Waals surface area contributed by atoms with Crippen LogP contribution in [0.3, 0.4) is 0 Å². The van der Waals surface area contributed by atoms with Crippen LogP contribution < -0.4 is 0 Å². The predicted octanol–water partition coefficient (Wildman–Crippen LogP) is 3.76. The molecule has 0 rings (SSSR count). The lowest BCUT2D eigenvalue weighted by Crippen LogP contribution is -1.86. The first-order valence-corrected chi connectivity index (χ1v) is 7.03. The standard InChI is InChI=1S/C10H21O2P/c1-3-5-7-8-10-13(11,12)9-6-4-2/h6,9H,3-5,7-8,10H2,1-2H3,(H,11,12). The molecule has 0 aromatic carbocycles. The van der Waals surface area contributed by atoms with E-state index in [4.69, 9.17) is 0 Å². The van der Waals surface area contributed by atoms with Crippen molar-refractivity contribution in [1.29, 1.82) is 0 Å². The van der Waals surface area contributed by atoms with Gasteiger partial charge in [0.1, 0.15) is 0 Å². The van der Waals surface area contributed by atoms with Crippen LogP contribution in [-0.4, -0.2) is 11.1 Å². The topological polar surface area (TPSA) is 37.3 Å². The number of hydrogen-bond donors (Lipinski definition) is 1. The summed E-state index contributed by atoms with van der Waals surface area (Å²) in [5.41, 5.74) is 0. The van der Waals surface area contributed by atoms with Crippen molar-refractivity contribution in [2.24, 2.45) is 0 Å². The molecule has 0 radical (unpaired) electrons. The lowest BCUT2D eigenvalue weighted by Gasteiger charge is -2.05. The summed E-state index contributed by atoms with van der Waals surface area (Å²) in [5.74, 6) is 1.49. The van der Waals surface area contributed by atoms with E-state index in [0.29, 0.717) is 6.16 Å². The molecule has 0 saturated heterocycles. The van der Waals surface area contributed by atoms with Gasteiger partial charge in [0.15, 0.2) is 0 Å².